The molecule has 1 amide bonds. The summed E-state index contributed by atoms with van der Waals surface area (Å²) in [6.45, 7) is 10.0. The highest BCUT2D eigenvalue weighted by Gasteiger charge is 2.15. The Labute approximate surface area is 126 Å². The molecule has 5 nitrogen and oxygen atoms in total. The lowest BCUT2D eigenvalue weighted by atomic mass is 10.0. The van der Waals surface area contributed by atoms with Crippen LogP contribution in [0, 0.1) is 5.92 Å². The first-order chi connectivity index (χ1) is 9.73. The fourth-order valence-corrected chi connectivity index (χ4v) is 1.66. The van der Waals surface area contributed by atoms with E-state index in [1.165, 1.54) is 6.20 Å². The number of aromatic nitrogens is 1. The largest absolute Gasteiger partial charge is 0.472 e. The molecule has 0 aliphatic carbocycles. The number of carbonyl (C=O) groups excluding carboxylic acids is 1. The van der Waals surface area contributed by atoms with Crippen molar-refractivity contribution in [2.75, 3.05) is 6.54 Å². The monoisotopic (exact) mass is 294 g/mol. The van der Waals surface area contributed by atoms with Crippen molar-refractivity contribution in [2.24, 2.45) is 5.92 Å². The summed E-state index contributed by atoms with van der Waals surface area (Å²) in [6, 6.07) is 3.34. The molecule has 1 aromatic rings. The number of hydrogen-bond acceptors (Lipinski definition) is 4. The molecule has 1 heterocycles. The fraction of sp³-hybridized carbons (Fsp3) is 0.625. The Morgan fingerprint density at radius 3 is 2.57 bits per heavy atom. The maximum Gasteiger partial charge on any atom is 0.252 e. The average Bonchev–Trinajstić information content (AvgIpc) is 2.42. The third-order valence-corrected chi connectivity index (χ3v) is 3.18. The van der Waals surface area contributed by atoms with Crippen molar-refractivity contribution in [3.05, 3.63) is 23.9 Å². The van der Waals surface area contributed by atoms with Crippen molar-refractivity contribution in [1.29, 1.82) is 0 Å². The highest BCUT2D eigenvalue weighted by Crippen LogP contribution is 2.15. The molecule has 0 aromatic carbocycles. The molecular weight excluding hydrogens is 268 g/mol. The van der Waals surface area contributed by atoms with Crippen LogP contribution in [0.2, 0.25) is 0 Å². The number of nitrogens with one attached hydrogen (secondary N) is 1. The molecule has 0 fully saturated rings. The third kappa shape index (κ3) is 6.12. The Hall–Kier alpha value is -1.62. The molecule has 0 saturated carbocycles. The summed E-state index contributed by atoms with van der Waals surface area (Å²) in [7, 11) is 0. The number of nitrogens with zero attached hydrogens (tertiary/aromatic N) is 1. The zero-order valence-corrected chi connectivity index (χ0v) is 13.5. The first-order valence-corrected chi connectivity index (χ1v) is 7.34. The van der Waals surface area contributed by atoms with E-state index < -0.39 is 6.10 Å². The van der Waals surface area contributed by atoms with Gasteiger partial charge in [0.25, 0.3) is 5.91 Å². The first-order valence-electron chi connectivity index (χ1n) is 7.34. The van der Waals surface area contributed by atoms with Gasteiger partial charge in [0.1, 0.15) is 5.60 Å². The van der Waals surface area contributed by atoms with Gasteiger partial charge in [0.2, 0.25) is 5.88 Å². The van der Waals surface area contributed by atoms with Crippen LogP contribution < -0.4 is 10.1 Å². The Balaban J connectivity index is 2.55. The Kier molecular flexibility index (Phi) is 6.15. The lowest BCUT2D eigenvalue weighted by Gasteiger charge is -2.20. The van der Waals surface area contributed by atoms with E-state index in [9.17, 15) is 9.90 Å². The lowest BCUT2D eigenvalue weighted by molar-refractivity contribution is 0.0849. The summed E-state index contributed by atoms with van der Waals surface area (Å²) in [5, 5.41) is 12.5. The number of ether oxygens (including phenoxy) is 1. The van der Waals surface area contributed by atoms with E-state index in [-0.39, 0.29) is 24.0 Å². The number of rotatable bonds is 6. The molecule has 1 aromatic heterocycles. The number of aliphatic hydroxyl groups excluding tert-OH is 1. The second-order valence-electron chi connectivity index (χ2n) is 6.26. The van der Waals surface area contributed by atoms with Crippen LogP contribution in [0.3, 0.4) is 0 Å². The quantitative estimate of drug-likeness (QED) is 0.845. The Morgan fingerprint density at radius 1 is 1.43 bits per heavy atom. The van der Waals surface area contributed by atoms with Crippen LogP contribution in [-0.4, -0.2) is 34.2 Å². The van der Waals surface area contributed by atoms with Crippen molar-refractivity contribution >= 4 is 5.91 Å². The molecule has 2 N–H and O–H groups in total. The van der Waals surface area contributed by atoms with E-state index in [0.29, 0.717) is 11.4 Å². The highest BCUT2D eigenvalue weighted by molar-refractivity contribution is 5.93. The van der Waals surface area contributed by atoms with Crippen LogP contribution in [0.5, 0.6) is 5.88 Å². The molecule has 1 rings (SSSR count). The third-order valence-electron chi connectivity index (χ3n) is 3.18. The van der Waals surface area contributed by atoms with Gasteiger partial charge in [-0.1, -0.05) is 20.3 Å². The zero-order chi connectivity index (χ0) is 16.0. The molecule has 2 unspecified atom stereocenters. The lowest BCUT2D eigenvalue weighted by Crippen LogP contribution is -2.35. The van der Waals surface area contributed by atoms with Crippen molar-refractivity contribution in [2.45, 2.75) is 52.7 Å². The minimum Gasteiger partial charge on any atom is -0.472 e. The Bertz CT molecular complexity index is 452. The van der Waals surface area contributed by atoms with Gasteiger partial charge in [-0.2, -0.15) is 0 Å². The van der Waals surface area contributed by atoms with Gasteiger partial charge in [-0.05, 0) is 32.8 Å². The van der Waals surface area contributed by atoms with Crippen LogP contribution >= 0.6 is 0 Å². The molecule has 2 atom stereocenters. The predicted octanol–water partition coefficient (Wildman–Crippen LogP) is 2.40. The van der Waals surface area contributed by atoms with Gasteiger partial charge >= 0.3 is 0 Å². The standard InChI is InChI=1S/C16H26N2O3/c1-6-11(2)13(19)10-18-15(20)12-7-8-14(17-9-12)21-16(3,4)5/h7-9,11,13,19H,6,10H2,1-5H3,(H,18,20). The molecule has 0 aliphatic rings. The molecule has 0 aliphatic heterocycles. The predicted molar refractivity (Wildman–Crippen MR) is 82.4 cm³/mol. The minimum absolute atomic E-state index is 0.158. The van der Waals surface area contributed by atoms with E-state index in [4.69, 9.17) is 4.74 Å². The first kappa shape index (κ1) is 17.4. The van der Waals surface area contributed by atoms with Crippen molar-refractivity contribution in [1.82, 2.24) is 10.3 Å². The van der Waals surface area contributed by atoms with E-state index in [0.717, 1.165) is 6.42 Å². The highest BCUT2D eigenvalue weighted by atomic mass is 16.5. The average molecular weight is 294 g/mol. The molecule has 0 radical (unpaired) electrons. The fourth-order valence-electron chi connectivity index (χ4n) is 1.66. The summed E-state index contributed by atoms with van der Waals surface area (Å²) in [5.74, 6) is 0.400. The van der Waals surface area contributed by atoms with Gasteiger partial charge in [-0.15, -0.1) is 0 Å². The summed E-state index contributed by atoms with van der Waals surface area (Å²) >= 11 is 0. The SMILES string of the molecule is CCC(C)C(O)CNC(=O)c1ccc(OC(C)(C)C)nc1. The van der Waals surface area contributed by atoms with Crippen molar-refractivity contribution in [3.63, 3.8) is 0 Å². The molecule has 21 heavy (non-hydrogen) atoms. The summed E-state index contributed by atoms with van der Waals surface area (Å²) in [5.41, 5.74) is 0.129. The molecule has 5 heteroatoms. The maximum absolute atomic E-state index is 12.0. The smallest absolute Gasteiger partial charge is 0.252 e. The van der Waals surface area contributed by atoms with Gasteiger partial charge in [-0.25, -0.2) is 4.98 Å². The normalized spacial score (nSPS) is 14.4. The van der Waals surface area contributed by atoms with Crippen molar-refractivity contribution < 1.29 is 14.6 Å². The van der Waals surface area contributed by atoms with Gasteiger partial charge in [0.15, 0.2) is 0 Å². The summed E-state index contributed by atoms with van der Waals surface area (Å²) in [6.07, 6.45) is 1.82. The maximum atomic E-state index is 12.0. The topological polar surface area (TPSA) is 71.5 Å². The number of pyridine rings is 1. The molecule has 0 spiro atoms. The van der Waals surface area contributed by atoms with Crippen LogP contribution in [0.25, 0.3) is 0 Å². The van der Waals surface area contributed by atoms with Gasteiger partial charge in [0.05, 0.1) is 11.7 Å². The number of carbonyl (C=O) groups is 1. The van der Waals surface area contributed by atoms with E-state index in [2.05, 4.69) is 10.3 Å². The molecule has 0 bridgehead atoms. The van der Waals surface area contributed by atoms with Gasteiger partial charge < -0.3 is 15.2 Å². The van der Waals surface area contributed by atoms with Crippen molar-refractivity contribution in [3.8, 4) is 5.88 Å². The van der Waals surface area contributed by atoms with E-state index >= 15 is 0 Å². The Morgan fingerprint density at radius 2 is 2.10 bits per heavy atom. The number of hydrogen-bond donors (Lipinski definition) is 2. The van der Waals surface area contributed by atoms with Crippen LogP contribution in [0.4, 0.5) is 0 Å². The molecule has 0 saturated heterocycles. The summed E-state index contributed by atoms with van der Waals surface area (Å²) in [4.78, 5) is 16.1. The molecular formula is C16H26N2O3. The van der Waals surface area contributed by atoms with Gasteiger partial charge in [0, 0.05) is 18.8 Å². The zero-order valence-electron chi connectivity index (χ0n) is 13.5. The van der Waals surface area contributed by atoms with Gasteiger partial charge in [-0.3, -0.25) is 4.79 Å². The number of amides is 1. The summed E-state index contributed by atoms with van der Waals surface area (Å²) < 4.78 is 5.60. The van der Waals surface area contributed by atoms with Crippen LogP contribution in [-0.2, 0) is 0 Å². The second-order valence-corrected chi connectivity index (χ2v) is 6.26. The minimum atomic E-state index is -0.532. The van der Waals surface area contributed by atoms with E-state index in [1.807, 2.05) is 34.6 Å². The second kappa shape index (κ2) is 7.41. The number of aliphatic hydroxyl groups is 1. The van der Waals surface area contributed by atoms with E-state index in [1.54, 1.807) is 12.1 Å². The molecule has 118 valence electrons. The van der Waals surface area contributed by atoms with Crippen LogP contribution in [0.15, 0.2) is 18.3 Å². The van der Waals surface area contributed by atoms with Crippen LogP contribution in [0.1, 0.15) is 51.4 Å².